The monoisotopic (exact) mass is 774 g/mol. The highest BCUT2D eigenvalue weighted by molar-refractivity contribution is 6.74. The first-order valence-electron chi connectivity index (χ1n) is 18.8. The molecule has 0 heterocycles. The van der Waals surface area contributed by atoms with Crippen molar-refractivity contribution in [3.8, 4) is 22.6 Å². The van der Waals surface area contributed by atoms with E-state index in [9.17, 15) is 9.59 Å². The topological polar surface area (TPSA) is 89.5 Å². The number of carbonyl (C=O) groups excluding carboxylic acids is 2. The first-order valence-corrected chi connectivity index (χ1v) is 24.6. The molecular weight excluding hydrogens is 713 g/mol. The van der Waals surface area contributed by atoms with Crippen LogP contribution in [-0.2, 0) is 31.5 Å². The molecule has 0 unspecified atom stereocenters. The van der Waals surface area contributed by atoms with Crippen LogP contribution in [0.3, 0.4) is 0 Å². The zero-order valence-electron chi connectivity index (χ0n) is 35.5. The first-order chi connectivity index (χ1) is 24.6. The number of hydrogen-bond donors (Lipinski definition) is 0. The van der Waals surface area contributed by atoms with Crippen LogP contribution in [0.5, 0.6) is 11.5 Å². The molecule has 4 rings (SSSR count). The average molecular weight is 775 g/mol. The summed E-state index contributed by atoms with van der Waals surface area (Å²) in [5.41, 5.74) is 0.826. The Morgan fingerprint density at radius 3 is 1.13 bits per heavy atom. The second kappa shape index (κ2) is 15.4. The Hall–Kier alpha value is -3.71. The van der Waals surface area contributed by atoms with E-state index in [1.54, 1.807) is 41.5 Å². The summed E-state index contributed by atoms with van der Waals surface area (Å²) in [6.07, 6.45) is -1.71. The molecule has 0 N–H and O–H groups in total. The molecule has 0 bridgehead atoms. The van der Waals surface area contributed by atoms with Crippen LogP contribution in [0, 0.1) is 0 Å². The van der Waals surface area contributed by atoms with Gasteiger partial charge in [-0.05, 0) is 111 Å². The maximum absolute atomic E-state index is 13.7. The highest BCUT2D eigenvalue weighted by Gasteiger charge is 2.39. The summed E-state index contributed by atoms with van der Waals surface area (Å²) in [5.74, 6) is 0.534. The fourth-order valence-electron chi connectivity index (χ4n) is 5.38. The van der Waals surface area contributed by atoms with Gasteiger partial charge in [-0.3, -0.25) is 0 Å². The van der Waals surface area contributed by atoms with Crippen LogP contribution in [0.25, 0.3) is 32.7 Å². The van der Waals surface area contributed by atoms with Crippen molar-refractivity contribution >= 4 is 50.5 Å². The lowest BCUT2D eigenvalue weighted by Gasteiger charge is -2.36. The Labute approximate surface area is 325 Å². The number of benzene rings is 4. The molecule has 0 aromatic heterocycles. The van der Waals surface area contributed by atoms with Gasteiger partial charge >= 0.3 is 12.3 Å². The lowest BCUT2D eigenvalue weighted by molar-refractivity contribution is 0.0187. The summed E-state index contributed by atoms with van der Waals surface area (Å²) in [4.78, 5) is 27.4. The van der Waals surface area contributed by atoms with E-state index in [1.165, 1.54) is 0 Å². The molecule has 0 aliphatic rings. The third kappa shape index (κ3) is 10.3. The van der Waals surface area contributed by atoms with E-state index >= 15 is 0 Å². The van der Waals surface area contributed by atoms with Crippen molar-refractivity contribution < 1.29 is 37.4 Å². The number of fused-ring (bicyclic) bond motifs is 2. The predicted molar refractivity (Wildman–Crippen MR) is 225 cm³/mol. The minimum absolute atomic E-state index is 0.0675. The molecule has 0 fully saturated rings. The van der Waals surface area contributed by atoms with Crippen LogP contribution in [0.15, 0.2) is 60.7 Å². The van der Waals surface area contributed by atoms with Gasteiger partial charge in [0.25, 0.3) is 0 Å². The Morgan fingerprint density at radius 2 is 0.833 bits per heavy atom. The Morgan fingerprint density at radius 1 is 0.519 bits per heavy atom. The number of ether oxygens (including phenoxy) is 4. The van der Waals surface area contributed by atoms with Crippen molar-refractivity contribution in [2.45, 2.75) is 144 Å². The maximum Gasteiger partial charge on any atom is 0.514 e. The minimum Gasteiger partial charge on any atom is -0.428 e. The highest BCUT2D eigenvalue weighted by atomic mass is 28.4. The standard InChI is InChI=1S/C44H62O8Si2/c1-41(2,3)51-39(45)49-37-31(27-47-53(13,14)43(7,8)9)25-29-21-17-19-23-33(29)35(37)36-34-24-20-18-22-30(34)26-32(28-48-54(15,16)44(10,11)12)38(36)50-40(46)52-42(4,5)6/h17-26H,27-28H2,1-16H3. The lowest BCUT2D eigenvalue weighted by Crippen LogP contribution is -2.40. The fourth-order valence-corrected chi connectivity index (χ4v) is 7.27. The Bertz CT molecular complexity index is 1860. The van der Waals surface area contributed by atoms with Crippen LogP contribution >= 0.6 is 0 Å². The SMILES string of the molecule is CC(C)(C)OC(=O)Oc1c(CO[Si](C)(C)C(C)(C)C)cc2ccccc2c1-c1c(OC(=O)OC(C)(C)C)c(CO[Si](C)(C)C(C)(C)C)cc2ccccc12. The number of hydrogen-bond acceptors (Lipinski definition) is 8. The first kappa shape index (κ1) is 43.0. The molecule has 10 heteroatoms. The highest BCUT2D eigenvalue weighted by Crippen LogP contribution is 2.50. The molecule has 0 atom stereocenters. The summed E-state index contributed by atoms with van der Waals surface area (Å²) in [5, 5.41) is 3.23. The average Bonchev–Trinajstić information content (AvgIpc) is 3.00. The summed E-state index contributed by atoms with van der Waals surface area (Å²) >= 11 is 0. The van der Waals surface area contributed by atoms with Crippen molar-refractivity contribution in [1.29, 1.82) is 0 Å². The smallest absolute Gasteiger partial charge is 0.428 e. The van der Waals surface area contributed by atoms with E-state index in [-0.39, 0.29) is 34.8 Å². The Kier molecular flexibility index (Phi) is 12.3. The third-order valence-electron chi connectivity index (χ3n) is 10.3. The van der Waals surface area contributed by atoms with Gasteiger partial charge in [-0.15, -0.1) is 0 Å². The second-order valence-corrected chi connectivity index (χ2v) is 28.8. The van der Waals surface area contributed by atoms with E-state index in [0.717, 1.165) is 21.5 Å². The maximum atomic E-state index is 13.7. The molecule has 294 valence electrons. The minimum atomic E-state index is -2.28. The zero-order valence-corrected chi connectivity index (χ0v) is 37.5. The molecule has 0 aliphatic carbocycles. The quantitative estimate of drug-likeness (QED) is 0.0943. The fraction of sp³-hybridized carbons (Fsp3) is 0.500. The van der Waals surface area contributed by atoms with Crippen molar-refractivity contribution in [2.24, 2.45) is 0 Å². The van der Waals surface area contributed by atoms with Gasteiger partial charge in [0.2, 0.25) is 0 Å². The molecule has 0 spiro atoms. The summed E-state index contributed by atoms with van der Waals surface area (Å²) in [6.45, 7) is 33.0. The van der Waals surface area contributed by atoms with Gasteiger partial charge in [-0.25, -0.2) is 9.59 Å². The van der Waals surface area contributed by atoms with Gasteiger partial charge < -0.3 is 27.8 Å². The van der Waals surface area contributed by atoms with Crippen molar-refractivity contribution in [2.75, 3.05) is 0 Å². The molecular formula is C44H62O8Si2. The van der Waals surface area contributed by atoms with Crippen molar-refractivity contribution in [3.63, 3.8) is 0 Å². The van der Waals surface area contributed by atoms with Crippen molar-refractivity contribution in [1.82, 2.24) is 0 Å². The van der Waals surface area contributed by atoms with Gasteiger partial charge in [0.15, 0.2) is 16.6 Å². The molecule has 0 radical (unpaired) electrons. The molecule has 8 nitrogen and oxygen atoms in total. The van der Waals surface area contributed by atoms with E-state index in [0.29, 0.717) is 22.3 Å². The molecule has 0 aliphatic heterocycles. The summed E-state index contributed by atoms with van der Waals surface area (Å²) in [6, 6.07) is 19.8. The normalized spacial score (nSPS) is 13.3. The van der Waals surface area contributed by atoms with Crippen LogP contribution in [-0.4, -0.2) is 40.1 Å². The third-order valence-corrected chi connectivity index (χ3v) is 19.3. The Balaban J connectivity index is 2.17. The second-order valence-electron chi connectivity index (χ2n) is 19.2. The van der Waals surface area contributed by atoms with Gasteiger partial charge in [0.1, 0.15) is 22.7 Å². The van der Waals surface area contributed by atoms with E-state index in [2.05, 4.69) is 67.7 Å². The van der Waals surface area contributed by atoms with Gasteiger partial charge in [-0.2, -0.15) is 0 Å². The zero-order chi connectivity index (χ0) is 40.7. The van der Waals surface area contributed by atoms with Gasteiger partial charge in [0.05, 0.1) is 13.2 Å². The van der Waals surface area contributed by atoms with Crippen LogP contribution in [0.2, 0.25) is 36.3 Å². The molecule has 0 amide bonds. The number of carbonyl (C=O) groups is 2. The molecule has 0 saturated heterocycles. The molecule has 4 aromatic carbocycles. The molecule has 54 heavy (non-hydrogen) atoms. The van der Waals surface area contributed by atoms with E-state index < -0.39 is 40.1 Å². The molecule has 0 saturated carbocycles. The van der Waals surface area contributed by atoms with Crippen LogP contribution in [0.1, 0.15) is 94.2 Å². The van der Waals surface area contributed by atoms with Crippen LogP contribution in [0.4, 0.5) is 9.59 Å². The van der Waals surface area contributed by atoms with E-state index in [1.807, 2.05) is 60.7 Å². The van der Waals surface area contributed by atoms with E-state index in [4.69, 9.17) is 27.8 Å². The number of rotatable bonds is 9. The van der Waals surface area contributed by atoms with Gasteiger partial charge in [-0.1, -0.05) is 90.1 Å². The molecule has 4 aromatic rings. The largest absolute Gasteiger partial charge is 0.514 e. The van der Waals surface area contributed by atoms with Crippen LogP contribution < -0.4 is 9.47 Å². The lowest BCUT2D eigenvalue weighted by atomic mass is 9.89. The summed E-state index contributed by atoms with van der Waals surface area (Å²) < 4.78 is 37.8. The predicted octanol–water partition coefficient (Wildman–Crippen LogP) is 13.3. The van der Waals surface area contributed by atoms with Gasteiger partial charge in [0, 0.05) is 22.3 Å². The summed E-state index contributed by atoms with van der Waals surface area (Å²) in [7, 11) is -4.55. The van der Waals surface area contributed by atoms with Crippen molar-refractivity contribution in [3.05, 3.63) is 71.8 Å².